The molecule has 0 unspecified atom stereocenters. The molecule has 0 aliphatic carbocycles. The summed E-state index contributed by atoms with van der Waals surface area (Å²) >= 11 is 0. The highest BCUT2D eigenvalue weighted by Crippen LogP contribution is 1.63. The van der Waals surface area contributed by atoms with Crippen LogP contribution in [0.2, 0.25) is 0 Å². The molecule has 0 aliphatic rings. The van der Waals surface area contributed by atoms with Gasteiger partial charge in [0.25, 0.3) is 0 Å². The zero-order valence-corrected chi connectivity index (χ0v) is 3.87. The molecule has 0 rings (SSSR count). The van der Waals surface area contributed by atoms with Gasteiger partial charge in [0.2, 0.25) is 0 Å². The number of hydrogen-bond donors (Lipinski definition) is 3. The van der Waals surface area contributed by atoms with E-state index < -0.39 is 17.8 Å². The highest BCUT2D eigenvalue weighted by molar-refractivity contribution is 5.68. The summed E-state index contributed by atoms with van der Waals surface area (Å²) in [6.07, 6.45) is 0. The second kappa shape index (κ2) is 3.33. The van der Waals surface area contributed by atoms with Crippen LogP contribution in [0.3, 0.4) is 0 Å². The molecule has 0 radical (unpaired) electrons. The van der Waals surface area contributed by atoms with Crippen molar-refractivity contribution in [1.82, 2.24) is 10.8 Å². The monoisotopic (exact) mass is 121 g/mol. The second-order valence-corrected chi connectivity index (χ2v) is 1.00. The third-order valence-electron chi connectivity index (χ3n) is 0.366. The molecule has 3 N–H and O–H groups in total. The first-order chi connectivity index (χ1) is 3.63. The van der Waals surface area contributed by atoms with E-state index in [1.54, 1.807) is 5.43 Å². The Bertz CT molecular complexity index is 82.1. The molecule has 0 fully saturated rings. The van der Waals surface area contributed by atoms with Crippen molar-refractivity contribution in [2.75, 3.05) is 6.54 Å². The van der Waals surface area contributed by atoms with Crippen molar-refractivity contribution in [3.8, 4) is 0 Å². The van der Waals surface area contributed by atoms with Gasteiger partial charge in [0.1, 0.15) is 6.54 Å². The Morgan fingerprint density at radius 2 is 2.38 bits per heavy atom. The normalized spacial score (nSPS) is 9.88. The Balaban J connectivity index is 3.05. The molecular weight excluding hydrogens is 116 g/mol. The largest absolute Gasteiger partial charge is 0.748 e. The lowest BCUT2D eigenvalue weighted by Gasteiger charge is -2.17. The van der Waals surface area contributed by atoms with Crippen LogP contribution in [0, 0.1) is 5.21 Å². The Morgan fingerprint density at radius 1 is 1.88 bits per heavy atom. The van der Waals surface area contributed by atoms with E-state index in [4.69, 9.17) is 10.3 Å². The van der Waals surface area contributed by atoms with Crippen LogP contribution >= 0.6 is 0 Å². The maximum atomic E-state index is 9.56. The van der Waals surface area contributed by atoms with Crippen molar-refractivity contribution in [2.45, 2.75) is 0 Å². The molecule has 0 spiro atoms. The van der Waals surface area contributed by atoms with Crippen molar-refractivity contribution >= 4 is 5.97 Å². The fraction of sp³-hybridized carbons (Fsp3) is 0.500. The zero-order chi connectivity index (χ0) is 6.57. The molecule has 8 heavy (non-hydrogen) atoms. The fourth-order valence-electron chi connectivity index (χ4n) is 0.135. The molecule has 48 valence electrons. The molecule has 0 heterocycles. The van der Waals surface area contributed by atoms with Gasteiger partial charge in [-0.2, -0.15) is 5.34 Å². The molecular formula is C2H5N2O4-. The number of carboxylic acid groups (broad SMARTS) is 1. The Hall–Kier alpha value is -0.690. The number of hydrogen-bond acceptors (Lipinski definition) is 5. The van der Waals surface area contributed by atoms with Crippen LogP contribution in [0.1, 0.15) is 0 Å². The van der Waals surface area contributed by atoms with E-state index in [2.05, 4.69) is 0 Å². The van der Waals surface area contributed by atoms with E-state index in [0.29, 0.717) is 0 Å². The van der Waals surface area contributed by atoms with Crippen molar-refractivity contribution in [3.05, 3.63) is 5.21 Å². The summed E-state index contributed by atoms with van der Waals surface area (Å²) in [5.41, 5.74) is 1.58. The summed E-state index contributed by atoms with van der Waals surface area (Å²) < 4.78 is 0. The van der Waals surface area contributed by atoms with E-state index in [1.807, 2.05) is 0 Å². The topological polar surface area (TPSA) is 95.9 Å². The predicted molar refractivity (Wildman–Crippen MR) is 22.6 cm³/mol. The minimum atomic E-state index is -1.21. The summed E-state index contributed by atoms with van der Waals surface area (Å²) in [4.78, 5) is 9.56. The van der Waals surface area contributed by atoms with Crippen molar-refractivity contribution in [3.63, 3.8) is 0 Å². The number of carboxylic acids is 1. The van der Waals surface area contributed by atoms with Gasteiger partial charge in [-0.1, -0.05) is 0 Å². The molecule has 0 atom stereocenters. The van der Waals surface area contributed by atoms with Gasteiger partial charge in [0.15, 0.2) is 0 Å². The first kappa shape index (κ1) is 7.31. The second-order valence-electron chi connectivity index (χ2n) is 1.00. The van der Waals surface area contributed by atoms with Gasteiger partial charge in [0, 0.05) is 0 Å². The van der Waals surface area contributed by atoms with Gasteiger partial charge in [0.05, 0.1) is 0 Å². The van der Waals surface area contributed by atoms with Gasteiger partial charge in [-0.15, -0.1) is 0 Å². The van der Waals surface area contributed by atoms with Crippen LogP contribution in [0.25, 0.3) is 0 Å². The molecule has 0 aromatic heterocycles. The molecule has 0 aliphatic heterocycles. The Labute approximate surface area is 44.8 Å². The minimum Gasteiger partial charge on any atom is -0.748 e. The highest BCUT2D eigenvalue weighted by atomic mass is 16.8. The molecule has 0 aromatic carbocycles. The smallest absolute Gasteiger partial charge is 0.318 e. The van der Waals surface area contributed by atoms with E-state index in [1.165, 1.54) is 0 Å². The standard InChI is InChI=1S/C2H5N2O4/c5-2(6)1-3-4(7)8/h3,7H,1H2,(H,5,6)/q-1. The molecule has 0 bridgehead atoms. The molecule has 0 saturated heterocycles. The van der Waals surface area contributed by atoms with Gasteiger partial charge >= 0.3 is 5.97 Å². The molecule has 0 amide bonds. The van der Waals surface area contributed by atoms with Crippen molar-refractivity contribution in [2.24, 2.45) is 0 Å². The SMILES string of the molecule is O=C(O)CNN([O-])O. The third-order valence-corrected chi connectivity index (χ3v) is 0.366. The average molecular weight is 121 g/mol. The van der Waals surface area contributed by atoms with Crippen LogP contribution in [-0.4, -0.2) is 28.2 Å². The van der Waals surface area contributed by atoms with Gasteiger partial charge in [-0.05, 0) is 0 Å². The Kier molecular flexibility index (Phi) is 3.04. The summed E-state index contributed by atoms with van der Waals surface area (Å²) in [5.74, 6) is -1.21. The van der Waals surface area contributed by atoms with E-state index in [0.717, 1.165) is 0 Å². The maximum absolute atomic E-state index is 9.56. The Morgan fingerprint density at radius 3 is 2.50 bits per heavy atom. The zero-order valence-electron chi connectivity index (χ0n) is 3.87. The van der Waals surface area contributed by atoms with Crippen LogP contribution in [0.15, 0.2) is 0 Å². The van der Waals surface area contributed by atoms with Crippen LogP contribution < -0.4 is 5.43 Å². The molecule has 0 aromatic rings. The lowest BCUT2D eigenvalue weighted by atomic mass is 10.7. The van der Waals surface area contributed by atoms with E-state index in [9.17, 15) is 10.0 Å². The van der Waals surface area contributed by atoms with Crippen LogP contribution in [-0.2, 0) is 4.79 Å². The first-order valence-corrected chi connectivity index (χ1v) is 1.74. The summed E-state index contributed by atoms with van der Waals surface area (Å²) in [6, 6.07) is 0. The molecule has 6 heteroatoms. The highest BCUT2D eigenvalue weighted by Gasteiger charge is 1.91. The summed E-state index contributed by atoms with van der Waals surface area (Å²) in [6.45, 7) is -0.583. The van der Waals surface area contributed by atoms with Crippen molar-refractivity contribution in [1.29, 1.82) is 0 Å². The number of carbonyl (C=O) groups is 1. The number of hydrazine groups is 1. The number of nitrogens with zero attached hydrogens (tertiary/aromatic N) is 1. The van der Waals surface area contributed by atoms with Gasteiger partial charge in [-0.25, -0.2) is 5.43 Å². The van der Waals surface area contributed by atoms with Crippen LogP contribution in [0.4, 0.5) is 0 Å². The minimum absolute atomic E-state index is 0.583. The number of nitrogens with one attached hydrogen (secondary N) is 1. The average Bonchev–Trinajstić information content (AvgIpc) is 1.61. The van der Waals surface area contributed by atoms with Crippen molar-refractivity contribution < 1.29 is 15.1 Å². The summed E-state index contributed by atoms with van der Waals surface area (Å²) in [7, 11) is 0. The quantitative estimate of drug-likeness (QED) is 0.404. The van der Waals surface area contributed by atoms with E-state index in [-0.39, 0.29) is 0 Å². The lowest BCUT2D eigenvalue weighted by Crippen LogP contribution is -2.33. The maximum Gasteiger partial charge on any atom is 0.318 e. The summed E-state index contributed by atoms with van der Waals surface area (Å²) in [5, 5.41) is 24.3. The molecule has 6 nitrogen and oxygen atoms in total. The number of rotatable bonds is 3. The fourth-order valence-corrected chi connectivity index (χ4v) is 0.135. The van der Waals surface area contributed by atoms with Gasteiger partial charge < -0.3 is 15.5 Å². The van der Waals surface area contributed by atoms with Crippen LogP contribution in [0.5, 0.6) is 0 Å². The van der Waals surface area contributed by atoms with E-state index >= 15 is 0 Å². The number of aliphatic carboxylic acids is 1. The van der Waals surface area contributed by atoms with Gasteiger partial charge in [-0.3, -0.25) is 4.79 Å². The lowest BCUT2D eigenvalue weighted by molar-refractivity contribution is -0.142. The molecule has 0 saturated carbocycles. The third kappa shape index (κ3) is 5.31. The first-order valence-electron chi connectivity index (χ1n) is 1.74. The predicted octanol–water partition coefficient (Wildman–Crippen LogP) is -1.24.